The van der Waals surface area contributed by atoms with Crippen LogP contribution in [0.25, 0.3) is 0 Å². The number of carbonyl (C=O) groups is 3. The van der Waals surface area contributed by atoms with Crippen molar-refractivity contribution in [3.05, 3.63) is 58.9 Å². The summed E-state index contributed by atoms with van der Waals surface area (Å²) in [4.78, 5) is 43.5. The van der Waals surface area contributed by atoms with Gasteiger partial charge in [0.15, 0.2) is 0 Å². The number of benzene rings is 1. The second-order valence-electron chi connectivity index (χ2n) is 11.9. The van der Waals surface area contributed by atoms with E-state index in [1.54, 1.807) is 5.48 Å². The standard InChI is InChI=1S/C30H42N4O6/c1-19-16-21(17-20(2)31-19)18-40-23-12-10-22(11-13-23)30(6)14-15-34(27(30)36)24(26(35)33-39)8-7-9-25(29(3,4)5)32-28(37)38/h10-13,16-17,24-25,32,39H,7-9,14-15,18H2,1-6H3,(H,33,35)(H,37,38)/t24?,25-,30?/m1/s1. The first kappa shape index (κ1) is 30.9. The van der Waals surface area contributed by atoms with Gasteiger partial charge in [-0.25, -0.2) is 10.3 Å². The van der Waals surface area contributed by atoms with Crippen molar-refractivity contribution in [1.82, 2.24) is 20.7 Å². The van der Waals surface area contributed by atoms with Crippen LogP contribution < -0.4 is 15.5 Å². The largest absolute Gasteiger partial charge is 0.489 e. The Bertz CT molecular complexity index is 1190. The van der Waals surface area contributed by atoms with Gasteiger partial charge in [-0.1, -0.05) is 32.9 Å². The zero-order chi connectivity index (χ0) is 29.7. The summed E-state index contributed by atoms with van der Waals surface area (Å²) in [6.07, 6.45) is 0.688. The first-order valence-corrected chi connectivity index (χ1v) is 13.7. The molecule has 1 aromatic heterocycles. The van der Waals surface area contributed by atoms with E-state index in [9.17, 15) is 24.7 Å². The number of nitrogens with zero attached hydrogens (tertiary/aromatic N) is 2. The van der Waals surface area contributed by atoms with Crippen molar-refractivity contribution >= 4 is 17.9 Å². The molecular formula is C30H42N4O6. The smallest absolute Gasteiger partial charge is 0.404 e. The second kappa shape index (κ2) is 12.7. The summed E-state index contributed by atoms with van der Waals surface area (Å²) in [5, 5.41) is 21.2. The quantitative estimate of drug-likeness (QED) is 0.237. The summed E-state index contributed by atoms with van der Waals surface area (Å²) in [5.74, 6) is -0.155. The van der Waals surface area contributed by atoms with E-state index in [1.807, 2.05) is 77.9 Å². The van der Waals surface area contributed by atoms with E-state index < -0.39 is 23.5 Å². The van der Waals surface area contributed by atoms with Gasteiger partial charge in [0.05, 0.1) is 5.41 Å². The molecule has 3 amide bonds. The van der Waals surface area contributed by atoms with Crippen LogP contribution in [0.1, 0.15) is 75.9 Å². The molecule has 1 aliphatic heterocycles. The van der Waals surface area contributed by atoms with Gasteiger partial charge in [-0.2, -0.15) is 0 Å². The Morgan fingerprint density at radius 1 is 1.12 bits per heavy atom. The van der Waals surface area contributed by atoms with Crippen LogP contribution in [0.5, 0.6) is 5.75 Å². The van der Waals surface area contributed by atoms with Crippen LogP contribution in [0, 0.1) is 19.3 Å². The molecule has 0 aliphatic carbocycles. The zero-order valence-electron chi connectivity index (χ0n) is 24.3. The number of pyridine rings is 1. The average molecular weight is 555 g/mol. The Morgan fingerprint density at radius 3 is 2.30 bits per heavy atom. The van der Waals surface area contributed by atoms with Crippen LogP contribution in [-0.2, 0) is 21.6 Å². The van der Waals surface area contributed by atoms with Crippen molar-refractivity contribution in [1.29, 1.82) is 0 Å². The lowest BCUT2D eigenvalue weighted by Gasteiger charge is -2.32. The molecule has 3 atom stereocenters. The molecule has 4 N–H and O–H groups in total. The van der Waals surface area contributed by atoms with E-state index in [0.717, 1.165) is 22.5 Å². The number of carboxylic acid groups (broad SMARTS) is 1. The SMILES string of the molecule is Cc1cc(COc2ccc(C3(C)CCN(C(CCC[C@@H](NC(=O)O)C(C)(C)C)C(=O)NO)C3=O)cc2)cc(C)n1. The van der Waals surface area contributed by atoms with Crippen molar-refractivity contribution in [3.63, 3.8) is 0 Å². The molecule has 2 aromatic rings. The number of nitrogens with one attached hydrogen (secondary N) is 2. The lowest BCUT2D eigenvalue weighted by molar-refractivity contribution is -0.144. The Morgan fingerprint density at radius 2 is 1.75 bits per heavy atom. The monoisotopic (exact) mass is 554 g/mol. The van der Waals surface area contributed by atoms with E-state index in [-0.39, 0.29) is 17.4 Å². The summed E-state index contributed by atoms with van der Waals surface area (Å²) in [5.41, 5.74) is 4.29. The average Bonchev–Trinajstić information content (AvgIpc) is 3.18. The number of hydrogen-bond donors (Lipinski definition) is 4. The second-order valence-corrected chi connectivity index (χ2v) is 11.9. The molecule has 0 spiro atoms. The molecule has 3 rings (SSSR count). The molecule has 0 saturated carbocycles. The third kappa shape index (κ3) is 7.50. The van der Waals surface area contributed by atoms with Gasteiger partial charge >= 0.3 is 6.09 Å². The topological polar surface area (TPSA) is 141 Å². The molecule has 2 heterocycles. The predicted molar refractivity (Wildman–Crippen MR) is 150 cm³/mol. The highest BCUT2D eigenvalue weighted by atomic mass is 16.5. The number of hydrogen-bond acceptors (Lipinski definition) is 6. The number of carbonyl (C=O) groups excluding carboxylic acids is 2. The Balaban J connectivity index is 1.68. The Labute approximate surface area is 236 Å². The van der Waals surface area contributed by atoms with Crippen LogP contribution in [0.3, 0.4) is 0 Å². The van der Waals surface area contributed by atoms with Gasteiger partial charge in [0, 0.05) is 24.0 Å². The van der Waals surface area contributed by atoms with Crippen molar-refractivity contribution in [2.45, 2.75) is 91.3 Å². The van der Waals surface area contributed by atoms with Crippen LogP contribution >= 0.6 is 0 Å². The highest BCUT2D eigenvalue weighted by Gasteiger charge is 2.47. The Hall–Kier alpha value is -3.66. The van der Waals surface area contributed by atoms with Crippen molar-refractivity contribution in [2.24, 2.45) is 5.41 Å². The molecule has 1 aromatic carbocycles. The predicted octanol–water partition coefficient (Wildman–Crippen LogP) is 4.49. The van der Waals surface area contributed by atoms with Gasteiger partial charge < -0.3 is 20.1 Å². The lowest BCUT2D eigenvalue weighted by Crippen LogP contribution is -2.49. The molecule has 1 fully saturated rings. The Kier molecular flexibility index (Phi) is 9.78. The van der Waals surface area contributed by atoms with Crippen LogP contribution in [0.2, 0.25) is 0 Å². The molecule has 10 heteroatoms. The maximum atomic E-state index is 13.7. The van der Waals surface area contributed by atoms with Crippen LogP contribution in [0.4, 0.5) is 4.79 Å². The minimum Gasteiger partial charge on any atom is -0.489 e. The minimum absolute atomic E-state index is 0.187. The van der Waals surface area contributed by atoms with Gasteiger partial charge in [0.2, 0.25) is 5.91 Å². The van der Waals surface area contributed by atoms with Crippen molar-refractivity contribution in [3.8, 4) is 5.75 Å². The molecular weight excluding hydrogens is 512 g/mol. The number of rotatable bonds is 11. The van der Waals surface area contributed by atoms with E-state index in [0.29, 0.717) is 44.6 Å². The van der Waals surface area contributed by atoms with E-state index in [4.69, 9.17) is 4.74 Å². The van der Waals surface area contributed by atoms with Gasteiger partial charge in [-0.3, -0.25) is 19.8 Å². The van der Waals surface area contributed by atoms with E-state index >= 15 is 0 Å². The molecule has 1 aliphatic rings. The maximum absolute atomic E-state index is 13.7. The summed E-state index contributed by atoms with van der Waals surface area (Å²) in [7, 11) is 0. The minimum atomic E-state index is -1.10. The van der Waals surface area contributed by atoms with Crippen molar-refractivity contribution < 1.29 is 29.4 Å². The highest BCUT2D eigenvalue weighted by molar-refractivity contribution is 5.94. The number of hydroxylamine groups is 1. The zero-order valence-corrected chi connectivity index (χ0v) is 24.3. The molecule has 0 bridgehead atoms. The number of amides is 3. The summed E-state index contributed by atoms with van der Waals surface area (Å²) in [6, 6.07) is 10.2. The fraction of sp³-hybridized carbons (Fsp3) is 0.533. The molecule has 218 valence electrons. The first-order chi connectivity index (χ1) is 18.7. The third-order valence-electron chi connectivity index (χ3n) is 7.73. The number of likely N-dealkylation sites (tertiary alicyclic amines) is 1. The summed E-state index contributed by atoms with van der Waals surface area (Å²) in [6.45, 7) is 12.4. The maximum Gasteiger partial charge on any atom is 0.404 e. The number of ether oxygens (including phenoxy) is 1. The third-order valence-corrected chi connectivity index (χ3v) is 7.73. The van der Waals surface area contributed by atoms with Gasteiger partial charge in [-0.15, -0.1) is 0 Å². The first-order valence-electron chi connectivity index (χ1n) is 13.7. The summed E-state index contributed by atoms with van der Waals surface area (Å²) >= 11 is 0. The van der Waals surface area contributed by atoms with E-state index in [1.165, 1.54) is 4.90 Å². The molecule has 10 nitrogen and oxygen atoms in total. The van der Waals surface area contributed by atoms with Gasteiger partial charge in [0.25, 0.3) is 5.91 Å². The van der Waals surface area contributed by atoms with Gasteiger partial charge in [-0.05, 0) is 87.3 Å². The highest BCUT2D eigenvalue weighted by Crippen LogP contribution is 2.38. The van der Waals surface area contributed by atoms with E-state index in [2.05, 4.69) is 10.3 Å². The number of aromatic nitrogens is 1. The van der Waals surface area contributed by atoms with Crippen LogP contribution in [-0.4, -0.2) is 56.7 Å². The molecule has 2 unspecified atom stereocenters. The fourth-order valence-electron chi connectivity index (χ4n) is 5.41. The molecule has 0 radical (unpaired) electrons. The van der Waals surface area contributed by atoms with Crippen molar-refractivity contribution in [2.75, 3.05) is 6.54 Å². The lowest BCUT2D eigenvalue weighted by atomic mass is 9.81. The fourth-order valence-corrected chi connectivity index (χ4v) is 5.41. The summed E-state index contributed by atoms with van der Waals surface area (Å²) < 4.78 is 5.95. The number of aryl methyl sites for hydroxylation is 2. The van der Waals surface area contributed by atoms with Crippen LogP contribution in [0.15, 0.2) is 36.4 Å². The normalized spacial score (nSPS) is 18.8. The molecule has 40 heavy (non-hydrogen) atoms. The van der Waals surface area contributed by atoms with Gasteiger partial charge in [0.1, 0.15) is 18.4 Å². The molecule has 1 saturated heterocycles.